The maximum atomic E-state index is 2.41. The molecule has 0 fully saturated rings. The van der Waals surface area contributed by atoms with Gasteiger partial charge in [0.05, 0.1) is 11.0 Å². The molecule has 0 aliphatic heterocycles. The zero-order valence-corrected chi connectivity index (χ0v) is 35.3. The van der Waals surface area contributed by atoms with Crippen LogP contribution >= 0.6 is 0 Å². The van der Waals surface area contributed by atoms with Gasteiger partial charge in [-0.15, -0.1) is 0 Å². The first-order chi connectivity index (χ1) is 31.0. The van der Waals surface area contributed by atoms with Crippen molar-refractivity contribution in [3.63, 3.8) is 0 Å². The van der Waals surface area contributed by atoms with Gasteiger partial charge >= 0.3 is 0 Å². The predicted octanol–water partition coefficient (Wildman–Crippen LogP) is 16.7. The van der Waals surface area contributed by atoms with E-state index in [4.69, 9.17) is 0 Å². The van der Waals surface area contributed by atoms with Crippen molar-refractivity contribution in [3.05, 3.63) is 242 Å². The van der Waals surface area contributed by atoms with E-state index in [0.29, 0.717) is 0 Å². The molecular formula is C61H44N2. The lowest BCUT2D eigenvalue weighted by Crippen LogP contribution is -2.15. The zero-order valence-electron chi connectivity index (χ0n) is 35.3. The summed E-state index contributed by atoms with van der Waals surface area (Å²) in [4.78, 5) is 2.40. The molecule has 0 N–H and O–H groups in total. The van der Waals surface area contributed by atoms with Crippen molar-refractivity contribution in [2.75, 3.05) is 4.90 Å². The first-order valence-electron chi connectivity index (χ1n) is 21.9. The average molecular weight is 805 g/mol. The first kappa shape index (κ1) is 36.9. The van der Waals surface area contributed by atoms with Gasteiger partial charge in [-0.1, -0.05) is 178 Å². The van der Waals surface area contributed by atoms with Crippen LogP contribution in [0.5, 0.6) is 0 Å². The van der Waals surface area contributed by atoms with Gasteiger partial charge < -0.3 is 9.47 Å². The Balaban J connectivity index is 0.918. The molecule has 2 heteroatoms. The number of fused-ring (bicyclic) bond motifs is 7. The minimum atomic E-state index is -0.0532. The molecule has 0 unspecified atom stereocenters. The van der Waals surface area contributed by atoms with Crippen LogP contribution in [0.1, 0.15) is 25.0 Å². The Morgan fingerprint density at radius 3 is 1.54 bits per heavy atom. The second-order valence-electron chi connectivity index (χ2n) is 17.4. The Labute approximate surface area is 368 Å². The van der Waals surface area contributed by atoms with Gasteiger partial charge in [-0.3, -0.25) is 0 Å². The van der Waals surface area contributed by atoms with E-state index in [1.54, 1.807) is 0 Å². The molecule has 0 saturated heterocycles. The molecule has 11 aromatic rings. The number of aromatic nitrogens is 1. The van der Waals surface area contributed by atoms with E-state index < -0.39 is 0 Å². The van der Waals surface area contributed by atoms with E-state index in [1.165, 1.54) is 88.2 Å². The standard InChI is InChI=1S/C61H44N2/c1-61(2)57-22-12-10-20-53(57)55-40-50(36-37-58(55)61)62(47-30-24-42(25-31-47)41-14-4-3-5-15-41)48-32-26-43(27-33-48)51-18-8-9-19-52(51)44-28-34-49(35-29-44)63-59-23-13-11-21-54(59)56-38-45-16-6-7-17-46(45)39-60(56)63/h3-40H,1-2H3. The molecule has 0 atom stereocenters. The maximum Gasteiger partial charge on any atom is 0.0547 e. The summed E-state index contributed by atoms with van der Waals surface area (Å²) in [5, 5.41) is 5.05. The molecule has 1 aliphatic rings. The second kappa shape index (κ2) is 14.6. The number of rotatable bonds is 7. The van der Waals surface area contributed by atoms with Crippen LogP contribution in [-0.2, 0) is 5.41 Å². The van der Waals surface area contributed by atoms with Crippen molar-refractivity contribution in [3.8, 4) is 50.2 Å². The summed E-state index contributed by atoms with van der Waals surface area (Å²) in [5.74, 6) is 0. The summed E-state index contributed by atoms with van der Waals surface area (Å²) in [6, 6.07) is 84.6. The number of hydrogen-bond donors (Lipinski definition) is 0. The average Bonchev–Trinajstić information content (AvgIpc) is 3.78. The Kier molecular flexibility index (Phi) is 8.55. The van der Waals surface area contributed by atoms with Gasteiger partial charge in [0.25, 0.3) is 0 Å². The molecule has 0 bridgehead atoms. The van der Waals surface area contributed by atoms with Crippen molar-refractivity contribution in [1.29, 1.82) is 0 Å². The Bertz CT molecular complexity index is 3500. The lowest BCUT2D eigenvalue weighted by atomic mass is 9.82. The number of anilines is 3. The molecule has 12 rings (SSSR count). The number of hydrogen-bond acceptors (Lipinski definition) is 1. The monoisotopic (exact) mass is 804 g/mol. The molecule has 10 aromatic carbocycles. The number of nitrogens with zero attached hydrogens (tertiary/aromatic N) is 2. The highest BCUT2D eigenvalue weighted by molar-refractivity contribution is 6.13. The summed E-state index contributed by atoms with van der Waals surface area (Å²) in [6.45, 7) is 4.69. The maximum absolute atomic E-state index is 2.41. The van der Waals surface area contributed by atoms with Crippen LogP contribution in [0.15, 0.2) is 231 Å². The molecule has 1 aliphatic carbocycles. The first-order valence-corrected chi connectivity index (χ1v) is 21.9. The normalized spacial score (nSPS) is 12.7. The largest absolute Gasteiger partial charge is 0.310 e. The fraction of sp³-hybridized carbons (Fsp3) is 0.0492. The molecule has 63 heavy (non-hydrogen) atoms. The lowest BCUT2D eigenvalue weighted by molar-refractivity contribution is 0.660. The molecule has 298 valence electrons. The molecule has 0 spiro atoms. The summed E-state index contributed by atoms with van der Waals surface area (Å²) >= 11 is 0. The molecule has 1 aromatic heterocycles. The van der Waals surface area contributed by atoms with E-state index in [-0.39, 0.29) is 5.41 Å². The van der Waals surface area contributed by atoms with Crippen molar-refractivity contribution >= 4 is 49.6 Å². The minimum Gasteiger partial charge on any atom is -0.310 e. The van der Waals surface area contributed by atoms with Gasteiger partial charge in [0, 0.05) is 38.9 Å². The lowest BCUT2D eigenvalue weighted by Gasteiger charge is -2.27. The summed E-state index contributed by atoms with van der Waals surface area (Å²) in [6.07, 6.45) is 0. The van der Waals surface area contributed by atoms with Gasteiger partial charge in [0.1, 0.15) is 0 Å². The predicted molar refractivity (Wildman–Crippen MR) is 267 cm³/mol. The third-order valence-electron chi connectivity index (χ3n) is 13.4. The number of benzene rings is 10. The van der Waals surface area contributed by atoms with E-state index >= 15 is 0 Å². The van der Waals surface area contributed by atoms with Crippen molar-refractivity contribution in [2.24, 2.45) is 0 Å². The third kappa shape index (κ3) is 6.09. The fourth-order valence-corrected chi connectivity index (χ4v) is 10.2. The van der Waals surface area contributed by atoms with Gasteiger partial charge in [-0.05, 0) is 133 Å². The summed E-state index contributed by atoms with van der Waals surface area (Å²) in [7, 11) is 0. The summed E-state index contributed by atoms with van der Waals surface area (Å²) in [5.41, 5.74) is 19.5. The van der Waals surface area contributed by atoms with Crippen LogP contribution in [0.25, 0.3) is 82.8 Å². The Morgan fingerprint density at radius 1 is 0.333 bits per heavy atom. The Hall–Kier alpha value is -7.94. The second-order valence-corrected chi connectivity index (χ2v) is 17.4. The van der Waals surface area contributed by atoms with Gasteiger partial charge in [-0.25, -0.2) is 0 Å². The highest BCUT2D eigenvalue weighted by Crippen LogP contribution is 2.51. The minimum absolute atomic E-state index is 0.0532. The van der Waals surface area contributed by atoms with Gasteiger partial charge in [-0.2, -0.15) is 0 Å². The van der Waals surface area contributed by atoms with Crippen LogP contribution in [0.2, 0.25) is 0 Å². The van der Waals surface area contributed by atoms with Crippen LogP contribution in [0, 0.1) is 0 Å². The van der Waals surface area contributed by atoms with Crippen molar-refractivity contribution in [2.45, 2.75) is 19.3 Å². The van der Waals surface area contributed by atoms with Crippen molar-refractivity contribution < 1.29 is 0 Å². The fourth-order valence-electron chi connectivity index (χ4n) is 10.2. The summed E-state index contributed by atoms with van der Waals surface area (Å²) < 4.78 is 2.41. The van der Waals surface area contributed by atoms with E-state index in [1.807, 2.05) is 0 Å². The Morgan fingerprint density at radius 2 is 0.841 bits per heavy atom. The van der Waals surface area contributed by atoms with Gasteiger partial charge in [0.15, 0.2) is 0 Å². The molecule has 0 amide bonds. The molecule has 2 nitrogen and oxygen atoms in total. The quantitative estimate of drug-likeness (QED) is 0.156. The highest BCUT2D eigenvalue weighted by Gasteiger charge is 2.35. The van der Waals surface area contributed by atoms with Crippen LogP contribution < -0.4 is 4.90 Å². The van der Waals surface area contributed by atoms with Gasteiger partial charge in [0.2, 0.25) is 0 Å². The van der Waals surface area contributed by atoms with Crippen molar-refractivity contribution in [1.82, 2.24) is 4.57 Å². The molecule has 0 radical (unpaired) electrons. The SMILES string of the molecule is CC1(C)c2ccccc2-c2cc(N(c3ccc(-c4ccccc4)cc3)c3ccc(-c4ccccc4-c4ccc(-n5c6ccccc6c6cc7ccccc7cc65)cc4)cc3)ccc21. The van der Waals surface area contributed by atoms with E-state index in [0.717, 1.165) is 22.7 Å². The van der Waals surface area contributed by atoms with E-state index in [2.05, 4.69) is 254 Å². The number of para-hydroxylation sites is 1. The van der Waals surface area contributed by atoms with Crippen LogP contribution in [0.3, 0.4) is 0 Å². The zero-order chi connectivity index (χ0) is 42.1. The third-order valence-corrected chi connectivity index (χ3v) is 13.4. The highest BCUT2D eigenvalue weighted by atomic mass is 15.1. The molecular weight excluding hydrogens is 761 g/mol. The van der Waals surface area contributed by atoms with Crippen LogP contribution in [-0.4, -0.2) is 4.57 Å². The topological polar surface area (TPSA) is 8.17 Å². The molecule has 1 heterocycles. The van der Waals surface area contributed by atoms with Crippen LogP contribution in [0.4, 0.5) is 17.1 Å². The van der Waals surface area contributed by atoms with E-state index in [9.17, 15) is 0 Å². The smallest absolute Gasteiger partial charge is 0.0547 e. The molecule has 0 saturated carbocycles.